The second kappa shape index (κ2) is 6.13. The Bertz CT molecular complexity index is 545. The summed E-state index contributed by atoms with van der Waals surface area (Å²) in [4.78, 5) is 4.10. The van der Waals surface area contributed by atoms with Crippen LogP contribution in [0.15, 0.2) is 42.7 Å². The smallest absolute Gasteiger partial charge is 0.141 e. The van der Waals surface area contributed by atoms with Crippen LogP contribution in [0, 0.1) is 5.82 Å². The summed E-state index contributed by atoms with van der Waals surface area (Å²) in [5, 5.41) is 3.59. The molecule has 0 aliphatic rings. The number of nitrogens with zero attached hydrogens (tertiary/aromatic N) is 1. The van der Waals surface area contributed by atoms with Crippen LogP contribution in [-0.2, 0) is 0 Å². The van der Waals surface area contributed by atoms with Gasteiger partial charge in [0.15, 0.2) is 0 Å². The molecule has 0 fully saturated rings. The van der Waals surface area contributed by atoms with Gasteiger partial charge in [0, 0.05) is 24.5 Å². The Morgan fingerprint density at radius 2 is 1.89 bits per heavy atom. The maximum absolute atomic E-state index is 13.1. The molecular formula is C15H16ClFN2. The van der Waals surface area contributed by atoms with Crippen LogP contribution >= 0.6 is 11.6 Å². The lowest BCUT2D eigenvalue weighted by Gasteiger charge is -2.20. The topological polar surface area (TPSA) is 24.9 Å². The van der Waals surface area contributed by atoms with Crippen molar-refractivity contribution in [2.24, 2.45) is 0 Å². The molecular weight excluding hydrogens is 263 g/mol. The number of hydrogen-bond donors (Lipinski definition) is 1. The Hall–Kier alpha value is -1.45. The van der Waals surface area contributed by atoms with Crippen molar-refractivity contribution in [2.45, 2.75) is 25.9 Å². The highest BCUT2D eigenvalue weighted by atomic mass is 35.5. The predicted molar refractivity (Wildman–Crippen MR) is 75.6 cm³/mol. The van der Waals surface area contributed by atoms with Crippen molar-refractivity contribution in [3.8, 4) is 0 Å². The molecule has 0 aliphatic heterocycles. The van der Waals surface area contributed by atoms with Crippen molar-refractivity contribution in [3.63, 3.8) is 0 Å². The molecule has 0 saturated heterocycles. The maximum Gasteiger partial charge on any atom is 0.141 e. The first-order valence-electron chi connectivity index (χ1n) is 6.19. The standard InChI is InChI=1S/C15H16ClFN2/c1-10(12-5-6-15(17)14(16)8-12)19-11(2)13-4-3-7-18-9-13/h3-11,19H,1-2H3/t10?,11-/m1/s1. The average molecular weight is 279 g/mol. The van der Waals surface area contributed by atoms with E-state index in [2.05, 4.69) is 17.2 Å². The third-order valence-corrected chi connectivity index (χ3v) is 3.42. The maximum atomic E-state index is 13.1. The number of hydrogen-bond acceptors (Lipinski definition) is 2. The molecule has 1 heterocycles. The van der Waals surface area contributed by atoms with Gasteiger partial charge in [0.2, 0.25) is 0 Å². The Labute approximate surface area is 117 Å². The van der Waals surface area contributed by atoms with Crippen molar-refractivity contribution in [1.82, 2.24) is 10.3 Å². The first-order chi connectivity index (χ1) is 9.08. The van der Waals surface area contributed by atoms with Crippen LogP contribution in [0.3, 0.4) is 0 Å². The molecule has 0 saturated carbocycles. The molecule has 2 aromatic rings. The van der Waals surface area contributed by atoms with E-state index in [1.54, 1.807) is 18.3 Å². The molecule has 2 atom stereocenters. The van der Waals surface area contributed by atoms with Gasteiger partial charge >= 0.3 is 0 Å². The molecule has 0 aliphatic carbocycles. The van der Waals surface area contributed by atoms with Crippen LogP contribution in [-0.4, -0.2) is 4.98 Å². The molecule has 1 aromatic heterocycles. The van der Waals surface area contributed by atoms with Gasteiger partial charge in [0.05, 0.1) is 5.02 Å². The first-order valence-corrected chi connectivity index (χ1v) is 6.56. The van der Waals surface area contributed by atoms with Crippen LogP contribution < -0.4 is 5.32 Å². The minimum Gasteiger partial charge on any atom is -0.304 e. The van der Waals surface area contributed by atoms with Gasteiger partial charge in [0.1, 0.15) is 5.82 Å². The van der Waals surface area contributed by atoms with E-state index in [0.717, 1.165) is 11.1 Å². The Balaban J connectivity index is 2.08. The molecule has 1 unspecified atom stereocenters. The molecule has 0 bridgehead atoms. The summed E-state index contributed by atoms with van der Waals surface area (Å²) in [7, 11) is 0. The molecule has 4 heteroatoms. The fraction of sp³-hybridized carbons (Fsp3) is 0.267. The molecule has 1 aromatic carbocycles. The third kappa shape index (κ3) is 3.52. The predicted octanol–water partition coefficient (Wildman–Crippen LogP) is 4.29. The molecule has 100 valence electrons. The van der Waals surface area contributed by atoms with Gasteiger partial charge in [-0.15, -0.1) is 0 Å². The molecule has 0 amide bonds. The van der Waals surface area contributed by atoms with E-state index < -0.39 is 5.82 Å². The highest BCUT2D eigenvalue weighted by Crippen LogP contribution is 2.23. The summed E-state index contributed by atoms with van der Waals surface area (Å²) in [6, 6.07) is 8.96. The molecule has 1 N–H and O–H groups in total. The fourth-order valence-electron chi connectivity index (χ4n) is 1.98. The normalized spacial score (nSPS) is 14.1. The fourth-order valence-corrected chi connectivity index (χ4v) is 2.17. The summed E-state index contributed by atoms with van der Waals surface area (Å²) in [5.41, 5.74) is 2.07. The van der Waals surface area contributed by atoms with E-state index in [0.29, 0.717) is 0 Å². The minimum atomic E-state index is -0.391. The lowest BCUT2D eigenvalue weighted by Crippen LogP contribution is -2.22. The van der Waals surface area contributed by atoms with Gasteiger partial charge in [-0.25, -0.2) is 4.39 Å². The van der Waals surface area contributed by atoms with E-state index in [1.807, 2.05) is 25.3 Å². The lowest BCUT2D eigenvalue weighted by atomic mass is 10.1. The van der Waals surface area contributed by atoms with E-state index in [9.17, 15) is 4.39 Å². The van der Waals surface area contributed by atoms with E-state index in [1.165, 1.54) is 6.07 Å². The third-order valence-electron chi connectivity index (χ3n) is 3.13. The average Bonchev–Trinajstić information content (AvgIpc) is 2.42. The van der Waals surface area contributed by atoms with E-state index in [-0.39, 0.29) is 17.1 Å². The summed E-state index contributed by atoms with van der Waals surface area (Å²) < 4.78 is 13.1. The van der Waals surface area contributed by atoms with E-state index >= 15 is 0 Å². The van der Waals surface area contributed by atoms with Crippen LogP contribution in [0.5, 0.6) is 0 Å². The van der Waals surface area contributed by atoms with Crippen molar-refractivity contribution < 1.29 is 4.39 Å². The Morgan fingerprint density at radius 1 is 1.16 bits per heavy atom. The summed E-state index contributed by atoms with van der Waals surface area (Å²) in [6.45, 7) is 4.09. The molecule has 0 radical (unpaired) electrons. The van der Waals surface area contributed by atoms with Gasteiger partial charge in [-0.05, 0) is 43.2 Å². The van der Waals surface area contributed by atoms with Gasteiger partial charge in [-0.2, -0.15) is 0 Å². The quantitative estimate of drug-likeness (QED) is 0.903. The monoisotopic (exact) mass is 278 g/mol. The molecule has 2 rings (SSSR count). The second-order valence-corrected chi connectivity index (χ2v) is 4.98. The number of aromatic nitrogens is 1. The zero-order valence-corrected chi connectivity index (χ0v) is 11.7. The number of benzene rings is 1. The lowest BCUT2D eigenvalue weighted by molar-refractivity contribution is 0.493. The zero-order chi connectivity index (χ0) is 13.8. The van der Waals surface area contributed by atoms with Gasteiger partial charge < -0.3 is 5.32 Å². The highest BCUT2D eigenvalue weighted by Gasteiger charge is 2.12. The van der Waals surface area contributed by atoms with Crippen molar-refractivity contribution >= 4 is 11.6 Å². The van der Waals surface area contributed by atoms with Gasteiger partial charge in [-0.1, -0.05) is 23.7 Å². The van der Waals surface area contributed by atoms with E-state index in [4.69, 9.17) is 11.6 Å². The number of halogens is 2. The SMILES string of the molecule is CC(N[C@H](C)c1cccnc1)c1ccc(F)c(Cl)c1. The van der Waals surface area contributed by atoms with Crippen molar-refractivity contribution in [1.29, 1.82) is 0 Å². The second-order valence-electron chi connectivity index (χ2n) is 4.57. The minimum absolute atomic E-state index is 0.0771. The molecule has 2 nitrogen and oxygen atoms in total. The zero-order valence-electron chi connectivity index (χ0n) is 10.9. The Kier molecular flexibility index (Phi) is 4.51. The molecule has 19 heavy (non-hydrogen) atoms. The highest BCUT2D eigenvalue weighted by molar-refractivity contribution is 6.30. The van der Waals surface area contributed by atoms with Gasteiger partial charge in [-0.3, -0.25) is 4.98 Å². The van der Waals surface area contributed by atoms with Crippen molar-refractivity contribution in [3.05, 3.63) is 64.7 Å². The largest absolute Gasteiger partial charge is 0.304 e. The first kappa shape index (κ1) is 14.0. The van der Waals surface area contributed by atoms with Crippen LogP contribution in [0.2, 0.25) is 5.02 Å². The number of rotatable bonds is 4. The van der Waals surface area contributed by atoms with Crippen molar-refractivity contribution in [2.75, 3.05) is 0 Å². The summed E-state index contributed by atoms with van der Waals surface area (Å²) in [5.74, 6) is -0.391. The number of nitrogens with one attached hydrogen (secondary N) is 1. The van der Waals surface area contributed by atoms with Crippen LogP contribution in [0.4, 0.5) is 4.39 Å². The Morgan fingerprint density at radius 3 is 2.53 bits per heavy atom. The molecule has 0 spiro atoms. The van der Waals surface area contributed by atoms with Crippen LogP contribution in [0.25, 0.3) is 0 Å². The van der Waals surface area contributed by atoms with Gasteiger partial charge in [0.25, 0.3) is 0 Å². The van der Waals surface area contributed by atoms with Crippen LogP contribution in [0.1, 0.15) is 37.1 Å². The summed E-state index contributed by atoms with van der Waals surface area (Å²) in [6.07, 6.45) is 3.58. The number of pyridine rings is 1. The summed E-state index contributed by atoms with van der Waals surface area (Å²) >= 11 is 5.80.